The van der Waals surface area contributed by atoms with Gasteiger partial charge in [-0.15, -0.1) is 10.2 Å². The van der Waals surface area contributed by atoms with Gasteiger partial charge in [-0.1, -0.05) is 52.9 Å². The molecule has 26 heavy (non-hydrogen) atoms. The minimum atomic E-state index is -0.249. The quantitative estimate of drug-likeness (QED) is 0.589. The van der Waals surface area contributed by atoms with Gasteiger partial charge in [-0.05, 0) is 30.3 Å². The van der Waals surface area contributed by atoms with E-state index >= 15 is 0 Å². The van der Waals surface area contributed by atoms with Crippen molar-refractivity contribution in [2.45, 2.75) is 4.34 Å². The standard InChI is InChI=1S/C17H12ClN5OS2/c18-12-7-6-11(9-19)14(8-12)21-15(24)10-25-17-23-22-16(26-17)20-13-4-2-1-3-5-13/h1-8H,10H2,(H,20,22)(H,21,24). The van der Waals surface area contributed by atoms with Crippen LogP contribution in [-0.2, 0) is 4.79 Å². The molecule has 0 saturated carbocycles. The molecule has 0 spiro atoms. The van der Waals surface area contributed by atoms with E-state index in [0.717, 1.165) is 5.69 Å². The molecule has 6 nitrogen and oxygen atoms in total. The molecular weight excluding hydrogens is 390 g/mol. The molecule has 3 aromatic rings. The van der Waals surface area contributed by atoms with Crippen LogP contribution in [0.4, 0.5) is 16.5 Å². The zero-order valence-electron chi connectivity index (χ0n) is 13.3. The molecule has 0 aliphatic heterocycles. The first-order valence-electron chi connectivity index (χ1n) is 7.42. The van der Waals surface area contributed by atoms with Crippen molar-refractivity contribution >= 4 is 57.1 Å². The van der Waals surface area contributed by atoms with Gasteiger partial charge in [-0.2, -0.15) is 5.26 Å². The number of nitrogens with one attached hydrogen (secondary N) is 2. The Bertz CT molecular complexity index is 955. The van der Waals surface area contributed by atoms with E-state index in [1.54, 1.807) is 18.2 Å². The first-order valence-corrected chi connectivity index (χ1v) is 9.60. The van der Waals surface area contributed by atoms with Crippen molar-refractivity contribution in [2.75, 3.05) is 16.4 Å². The number of hydrogen-bond acceptors (Lipinski definition) is 7. The lowest BCUT2D eigenvalue weighted by molar-refractivity contribution is -0.113. The topological polar surface area (TPSA) is 90.7 Å². The fourth-order valence-electron chi connectivity index (χ4n) is 1.99. The van der Waals surface area contributed by atoms with Crippen molar-refractivity contribution < 1.29 is 4.79 Å². The zero-order chi connectivity index (χ0) is 18.4. The Kier molecular flexibility index (Phi) is 6.07. The first kappa shape index (κ1) is 18.2. The van der Waals surface area contributed by atoms with E-state index in [-0.39, 0.29) is 11.7 Å². The Morgan fingerprint density at radius 2 is 2.04 bits per heavy atom. The summed E-state index contributed by atoms with van der Waals surface area (Å²) in [4.78, 5) is 12.1. The van der Waals surface area contributed by atoms with Crippen molar-refractivity contribution in [3.63, 3.8) is 0 Å². The minimum Gasteiger partial charge on any atom is -0.330 e. The number of nitrogens with zero attached hydrogens (tertiary/aromatic N) is 3. The number of halogens is 1. The van der Waals surface area contributed by atoms with Gasteiger partial charge in [0.15, 0.2) is 4.34 Å². The maximum Gasteiger partial charge on any atom is 0.234 e. The Labute approximate surface area is 163 Å². The SMILES string of the molecule is N#Cc1ccc(Cl)cc1NC(=O)CSc1nnc(Nc2ccccc2)s1. The molecule has 0 saturated heterocycles. The average Bonchev–Trinajstić information content (AvgIpc) is 3.08. The highest BCUT2D eigenvalue weighted by atomic mass is 35.5. The summed E-state index contributed by atoms with van der Waals surface area (Å²) < 4.78 is 0.671. The second-order valence-corrected chi connectivity index (χ2v) is 7.64. The molecule has 1 heterocycles. The van der Waals surface area contributed by atoms with Gasteiger partial charge in [0, 0.05) is 10.7 Å². The van der Waals surface area contributed by atoms with E-state index < -0.39 is 0 Å². The number of aromatic nitrogens is 2. The number of benzene rings is 2. The Morgan fingerprint density at radius 1 is 1.23 bits per heavy atom. The van der Waals surface area contributed by atoms with Crippen LogP contribution >= 0.6 is 34.7 Å². The van der Waals surface area contributed by atoms with Crippen LogP contribution < -0.4 is 10.6 Å². The molecule has 0 aliphatic carbocycles. The van der Waals surface area contributed by atoms with Crippen LogP contribution in [0.5, 0.6) is 0 Å². The lowest BCUT2D eigenvalue weighted by atomic mass is 10.2. The van der Waals surface area contributed by atoms with Gasteiger partial charge in [0.05, 0.1) is 17.0 Å². The highest BCUT2D eigenvalue weighted by Gasteiger charge is 2.11. The molecule has 0 unspecified atom stereocenters. The van der Waals surface area contributed by atoms with Crippen LogP contribution in [0, 0.1) is 11.3 Å². The zero-order valence-corrected chi connectivity index (χ0v) is 15.7. The lowest BCUT2D eigenvalue weighted by Crippen LogP contribution is -2.14. The van der Waals surface area contributed by atoms with Crippen LogP contribution in [0.3, 0.4) is 0 Å². The second-order valence-electron chi connectivity index (χ2n) is 5.00. The van der Waals surface area contributed by atoms with Gasteiger partial charge in [-0.25, -0.2) is 0 Å². The van der Waals surface area contributed by atoms with Crippen LogP contribution in [0.2, 0.25) is 5.02 Å². The lowest BCUT2D eigenvalue weighted by Gasteiger charge is -2.06. The number of carbonyl (C=O) groups is 1. The molecule has 1 aromatic heterocycles. The molecule has 3 rings (SSSR count). The summed E-state index contributed by atoms with van der Waals surface area (Å²) in [6, 6.07) is 16.4. The summed E-state index contributed by atoms with van der Waals surface area (Å²) >= 11 is 8.55. The Morgan fingerprint density at radius 3 is 2.81 bits per heavy atom. The van der Waals surface area contributed by atoms with E-state index in [2.05, 4.69) is 20.8 Å². The number of nitriles is 1. The summed E-state index contributed by atoms with van der Waals surface area (Å²) in [6.45, 7) is 0. The fraction of sp³-hybridized carbons (Fsp3) is 0.0588. The molecule has 9 heteroatoms. The molecule has 0 bridgehead atoms. The molecule has 0 aliphatic rings. The molecular formula is C17H12ClN5OS2. The second kappa shape index (κ2) is 8.67. The fourth-order valence-corrected chi connectivity index (χ4v) is 3.74. The van der Waals surface area contributed by atoms with Crippen molar-refractivity contribution in [1.29, 1.82) is 5.26 Å². The Hall–Kier alpha value is -2.60. The molecule has 1 amide bonds. The summed E-state index contributed by atoms with van der Waals surface area (Å²) in [5.41, 5.74) is 1.68. The van der Waals surface area contributed by atoms with Gasteiger partial charge in [0.1, 0.15) is 6.07 Å². The van der Waals surface area contributed by atoms with E-state index in [0.29, 0.717) is 25.7 Å². The van der Waals surface area contributed by atoms with E-state index in [4.69, 9.17) is 16.9 Å². The summed E-state index contributed by atoms with van der Waals surface area (Å²) in [7, 11) is 0. The highest BCUT2D eigenvalue weighted by molar-refractivity contribution is 8.01. The third kappa shape index (κ3) is 4.95. The van der Waals surface area contributed by atoms with Crippen LogP contribution in [-0.4, -0.2) is 21.9 Å². The minimum absolute atomic E-state index is 0.150. The number of hydrogen-bond donors (Lipinski definition) is 2. The first-order chi connectivity index (χ1) is 12.6. The van der Waals surface area contributed by atoms with Crippen molar-refractivity contribution in [2.24, 2.45) is 0 Å². The monoisotopic (exact) mass is 401 g/mol. The summed E-state index contributed by atoms with van der Waals surface area (Å²) in [5.74, 6) is -0.0984. The van der Waals surface area contributed by atoms with Crippen molar-refractivity contribution in [1.82, 2.24) is 10.2 Å². The number of para-hydroxylation sites is 1. The van der Waals surface area contributed by atoms with E-state index in [1.165, 1.54) is 23.1 Å². The van der Waals surface area contributed by atoms with Crippen molar-refractivity contribution in [3.8, 4) is 6.07 Å². The normalized spacial score (nSPS) is 10.2. The Balaban J connectivity index is 1.55. The molecule has 2 aromatic carbocycles. The number of amides is 1. The summed E-state index contributed by atoms with van der Waals surface area (Å²) in [5, 5.41) is 24.1. The molecule has 0 atom stereocenters. The average molecular weight is 402 g/mol. The van der Waals surface area contributed by atoms with Gasteiger partial charge in [0.2, 0.25) is 11.0 Å². The third-order valence-corrected chi connectivity index (χ3v) is 5.34. The van der Waals surface area contributed by atoms with Gasteiger partial charge in [0.25, 0.3) is 0 Å². The number of rotatable bonds is 6. The predicted octanol–water partition coefficient (Wildman–Crippen LogP) is 4.54. The maximum atomic E-state index is 12.1. The van der Waals surface area contributed by atoms with Gasteiger partial charge < -0.3 is 10.6 Å². The maximum absolute atomic E-state index is 12.1. The number of anilines is 3. The van der Waals surface area contributed by atoms with E-state index in [9.17, 15) is 4.79 Å². The van der Waals surface area contributed by atoms with E-state index in [1.807, 2.05) is 36.4 Å². The van der Waals surface area contributed by atoms with Gasteiger partial charge >= 0.3 is 0 Å². The third-order valence-electron chi connectivity index (χ3n) is 3.13. The predicted molar refractivity (Wildman–Crippen MR) is 105 cm³/mol. The van der Waals surface area contributed by atoms with Crippen LogP contribution in [0.1, 0.15) is 5.56 Å². The number of carbonyl (C=O) groups excluding carboxylic acids is 1. The smallest absolute Gasteiger partial charge is 0.234 e. The molecule has 130 valence electrons. The molecule has 0 fully saturated rings. The largest absolute Gasteiger partial charge is 0.330 e. The number of thioether (sulfide) groups is 1. The molecule has 0 radical (unpaired) electrons. The van der Waals surface area contributed by atoms with Crippen LogP contribution in [0.15, 0.2) is 52.9 Å². The molecule has 2 N–H and O–H groups in total. The van der Waals surface area contributed by atoms with Crippen LogP contribution in [0.25, 0.3) is 0 Å². The van der Waals surface area contributed by atoms with Gasteiger partial charge in [-0.3, -0.25) is 4.79 Å². The highest BCUT2D eigenvalue weighted by Crippen LogP contribution is 2.28. The summed E-state index contributed by atoms with van der Waals surface area (Å²) in [6.07, 6.45) is 0. The van der Waals surface area contributed by atoms with Crippen molar-refractivity contribution in [3.05, 3.63) is 59.1 Å².